The van der Waals surface area contributed by atoms with Crippen molar-refractivity contribution in [3.8, 4) is 0 Å². The van der Waals surface area contributed by atoms with E-state index in [4.69, 9.17) is 5.73 Å². The Morgan fingerprint density at radius 1 is 1.23 bits per heavy atom. The SMILES string of the molecule is CC1CN(C2CC(N)C2)CCN1C. The highest BCUT2D eigenvalue weighted by atomic mass is 15.3. The highest BCUT2D eigenvalue weighted by Crippen LogP contribution is 2.25. The number of piperazine rings is 1. The van der Waals surface area contributed by atoms with Gasteiger partial charge in [-0.05, 0) is 26.8 Å². The van der Waals surface area contributed by atoms with Crippen molar-refractivity contribution in [2.75, 3.05) is 26.7 Å². The molecule has 0 bridgehead atoms. The third kappa shape index (κ3) is 1.87. The Morgan fingerprint density at radius 2 is 1.92 bits per heavy atom. The Hall–Kier alpha value is -0.120. The molecule has 0 aromatic rings. The summed E-state index contributed by atoms with van der Waals surface area (Å²) < 4.78 is 0. The molecule has 2 N–H and O–H groups in total. The van der Waals surface area contributed by atoms with Crippen molar-refractivity contribution in [3.05, 3.63) is 0 Å². The van der Waals surface area contributed by atoms with E-state index in [0.29, 0.717) is 12.1 Å². The molecule has 0 aromatic heterocycles. The fraction of sp³-hybridized carbons (Fsp3) is 1.00. The van der Waals surface area contributed by atoms with Gasteiger partial charge in [0.1, 0.15) is 0 Å². The fourth-order valence-corrected chi connectivity index (χ4v) is 2.34. The van der Waals surface area contributed by atoms with Crippen LogP contribution in [-0.4, -0.2) is 54.6 Å². The van der Waals surface area contributed by atoms with Gasteiger partial charge < -0.3 is 10.6 Å². The van der Waals surface area contributed by atoms with Crippen molar-refractivity contribution < 1.29 is 0 Å². The summed E-state index contributed by atoms with van der Waals surface area (Å²) in [6.45, 7) is 5.99. The molecular weight excluding hydrogens is 162 g/mol. The summed E-state index contributed by atoms with van der Waals surface area (Å²) >= 11 is 0. The molecule has 13 heavy (non-hydrogen) atoms. The molecule has 1 aliphatic carbocycles. The predicted molar refractivity (Wildman–Crippen MR) is 54.7 cm³/mol. The van der Waals surface area contributed by atoms with E-state index >= 15 is 0 Å². The summed E-state index contributed by atoms with van der Waals surface area (Å²) in [5, 5.41) is 0. The first-order chi connectivity index (χ1) is 6.16. The molecule has 1 atom stereocenters. The number of hydrogen-bond acceptors (Lipinski definition) is 3. The first kappa shape index (κ1) is 9.44. The summed E-state index contributed by atoms with van der Waals surface area (Å²) in [6, 6.07) is 2.00. The molecule has 0 amide bonds. The number of likely N-dealkylation sites (N-methyl/N-ethyl adjacent to an activating group) is 1. The van der Waals surface area contributed by atoms with Gasteiger partial charge in [-0.1, -0.05) is 0 Å². The molecule has 0 spiro atoms. The van der Waals surface area contributed by atoms with E-state index in [9.17, 15) is 0 Å². The van der Waals surface area contributed by atoms with Crippen molar-refractivity contribution >= 4 is 0 Å². The summed E-state index contributed by atoms with van der Waals surface area (Å²) in [5.74, 6) is 0. The third-order valence-corrected chi connectivity index (χ3v) is 3.66. The molecule has 1 saturated carbocycles. The number of nitrogens with two attached hydrogens (primary N) is 1. The van der Waals surface area contributed by atoms with Gasteiger partial charge in [0.15, 0.2) is 0 Å². The van der Waals surface area contributed by atoms with E-state index in [0.717, 1.165) is 6.04 Å². The maximum atomic E-state index is 5.80. The minimum absolute atomic E-state index is 0.486. The van der Waals surface area contributed by atoms with Crippen molar-refractivity contribution in [1.82, 2.24) is 9.80 Å². The van der Waals surface area contributed by atoms with E-state index in [1.807, 2.05) is 0 Å². The fourth-order valence-electron chi connectivity index (χ4n) is 2.34. The number of rotatable bonds is 1. The van der Waals surface area contributed by atoms with Crippen LogP contribution in [0.2, 0.25) is 0 Å². The lowest BCUT2D eigenvalue weighted by Crippen LogP contribution is -2.58. The lowest BCUT2D eigenvalue weighted by atomic mass is 9.85. The van der Waals surface area contributed by atoms with Crippen LogP contribution in [0.3, 0.4) is 0 Å². The third-order valence-electron chi connectivity index (χ3n) is 3.66. The van der Waals surface area contributed by atoms with Crippen LogP contribution in [0.5, 0.6) is 0 Å². The first-order valence-electron chi connectivity index (χ1n) is 5.36. The van der Waals surface area contributed by atoms with Gasteiger partial charge in [0.25, 0.3) is 0 Å². The molecule has 3 nitrogen and oxygen atoms in total. The normalized spacial score (nSPS) is 43.2. The predicted octanol–water partition coefficient (Wildman–Crippen LogP) is 0.112. The topological polar surface area (TPSA) is 32.5 Å². The summed E-state index contributed by atoms with van der Waals surface area (Å²) in [7, 11) is 2.22. The van der Waals surface area contributed by atoms with Crippen LogP contribution in [0.1, 0.15) is 19.8 Å². The highest BCUT2D eigenvalue weighted by Gasteiger charge is 2.33. The zero-order chi connectivity index (χ0) is 9.42. The molecule has 2 aliphatic rings. The van der Waals surface area contributed by atoms with Crippen LogP contribution in [0, 0.1) is 0 Å². The minimum atomic E-state index is 0.486. The van der Waals surface area contributed by atoms with Crippen LogP contribution < -0.4 is 5.73 Å². The Bertz CT molecular complexity index is 177. The summed E-state index contributed by atoms with van der Waals surface area (Å²) in [5.41, 5.74) is 5.80. The summed E-state index contributed by atoms with van der Waals surface area (Å²) in [4.78, 5) is 5.06. The van der Waals surface area contributed by atoms with Crippen LogP contribution in [0.4, 0.5) is 0 Å². The van der Waals surface area contributed by atoms with E-state index < -0.39 is 0 Å². The molecule has 1 unspecified atom stereocenters. The monoisotopic (exact) mass is 183 g/mol. The maximum absolute atomic E-state index is 5.80. The quantitative estimate of drug-likeness (QED) is 0.626. The van der Waals surface area contributed by atoms with Crippen molar-refractivity contribution in [1.29, 1.82) is 0 Å². The lowest BCUT2D eigenvalue weighted by Gasteiger charge is -2.47. The number of nitrogens with zero attached hydrogens (tertiary/aromatic N) is 2. The Kier molecular flexibility index (Phi) is 2.58. The largest absolute Gasteiger partial charge is 0.328 e. The van der Waals surface area contributed by atoms with E-state index in [-0.39, 0.29) is 0 Å². The molecule has 1 saturated heterocycles. The van der Waals surface area contributed by atoms with E-state index in [2.05, 4.69) is 23.8 Å². The van der Waals surface area contributed by atoms with Gasteiger partial charge in [-0.2, -0.15) is 0 Å². The Labute approximate surface area is 80.9 Å². The average molecular weight is 183 g/mol. The first-order valence-corrected chi connectivity index (χ1v) is 5.36. The average Bonchev–Trinajstić information content (AvgIpc) is 2.05. The van der Waals surface area contributed by atoms with Gasteiger partial charge in [-0.15, -0.1) is 0 Å². The van der Waals surface area contributed by atoms with Crippen LogP contribution >= 0.6 is 0 Å². The van der Waals surface area contributed by atoms with Crippen molar-refractivity contribution in [2.24, 2.45) is 5.73 Å². The second-order valence-electron chi connectivity index (χ2n) is 4.71. The van der Waals surface area contributed by atoms with Crippen LogP contribution in [0.25, 0.3) is 0 Å². The molecule has 1 aliphatic heterocycles. The smallest absolute Gasteiger partial charge is 0.0192 e. The Morgan fingerprint density at radius 3 is 2.46 bits per heavy atom. The molecule has 76 valence electrons. The van der Waals surface area contributed by atoms with E-state index in [1.54, 1.807) is 0 Å². The zero-order valence-electron chi connectivity index (χ0n) is 8.74. The van der Waals surface area contributed by atoms with Crippen LogP contribution in [-0.2, 0) is 0 Å². The van der Waals surface area contributed by atoms with Gasteiger partial charge in [0, 0.05) is 37.8 Å². The van der Waals surface area contributed by atoms with Crippen LogP contribution in [0.15, 0.2) is 0 Å². The van der Waals surface area contributed by atoms with Crippen molar-refractivity contribution in [3.63, 3.8) is 0 Å². The van der Waals surface area contributed by atoms with Gasteiger partial charge in [0.05, 0.1) is 0 Å². The number of hydrogen-bond donors (Lipinski definition) is 1. The molecule has 0 radical (unpaired) electrons. The van der Waals surface area contributed by atoms with Gasteiger partial charge in [0.2, 0.25) is 0 Å². The second kappa shape index (κ2) is 3.56. The van der Waals surface area contributed by atoms with Gasteiger partial charge in [-0.25, -0.2) is 0 Å². The second-order valence-corrected chi connectivity index (χ2v) is 4.71. The zero-order valence-corrected chi connectivity index (χ0v) is 8.74. The molecule has 0 aromatic carbocycles. The maximum Gasteiger partial charge on any atom is 0.0192 e. The van der Waals surface area contributed by atoms with E-state index in [1.165, 1.54) is 32.5 Å². The molecule has 2 fully saturated rings. The molecule has 2 rings (SSSR count). The molecule has 3 heteroatoms. The molecule has 1 heterocycles. The standard InChI is InChI=1S/C10H21N3/c1-8-7-13(4-3-12(8)2)10-5-9(11)6-10/h8-10H,3-7,11H2,1-2H3. The lowest BCUT2D eigenvalue weighted by molar-refractivity contribution is 0.0346. The minimum Gasteiger partial charge on any atom is -0.328 e. The summed E-state index contributed by atoms with van der Waals surface area (Å²) in [6.07, 6.45) is 2.44. The highest BCUT2D eigenvalue weighted by molar-refractivity contribution is 4.92. The molecular formula is C10H21N3. The van der Waals surface area contributed by atoms with Crippen molar-refractivity contribution in [2.45, 2.75) is 37.9 Å². The Balaban J connectivity index is 1.82. The van der Waals surface area contributed by atoms with Gasteiger partial charge >= 0.3 is 0 Å². The van der Waals surface area contributed by atoms with Gasteiger partial charge in [-0.3, -0.25) is 4.90 Å².